The molecule has 1 aliphatic carbocycles. The van der Waals surface area contributed by atoms with Crippen molar-refractivity contribution >= 4 is 39.2 Å². The topological polar surface area (TPSA) is 102 Å². The second-order valence-electron chi connectivity index (χ2n) is 7.80. The first kappa shape index (κ1) is 24.5. The molecule has 4 rings (SSSR count). The summed E-state index contributed by atoms with van der Waals surface area (Å²) in [6, 6.07) is 7.24. The smallest absolute Gasteiger partial charge is 0.325 e. The SMILES string of the molecule is CN(C1CCCc2c1cnn2CC(=O)O)S(=O)(=O)c1ccc(Oc2ccc(F)cc2Cl)cc1Cl. The quantitative estimate of drug-likeness (QED) is 0.468. The molecular formula is C22H20Cl2FN3O5S. The molecule has 1 atom stereocenters. The zero-order valence-corrected chi connectivity index (χ0v) is 20.2. The normalized spacial score (nSPS) is 15.9. The molecule has 2 aromatic carbocycles. The summed E-state index contributed by atoms with van der Waals surface area (Å²) in [5, 5.41) is 13.2. The lowest BCUT2D eigenvalue weighted by Gasteiger charge is -2.31. The number of fused-ring (bicyclic) bond motifs is 1. The van der Waals surface area contributed by atoms with E-state index < -0.39 is 27.9 Å². The molecule has 0 saturated carbocycles. The summed E-state index contributed by atoms with van der Waals surface area (Å²) < 4.78 is 48.3. The molecule has 1 heterocycles. The molecule has 34 heavy (non-hydrogen) atoms. The van der Waals surface area contributed by atoms with Gasteiger partial charge in [-0.2, -0.15) is 9.40 Å². The van der Waals surface area contributed by atoms with Crippen LogP contribution in [0.25, 0.3) is 0 Å². The van der Waals surface area contributed by atoms with Crippen molar-refractivity contribution in [3.63, 3.8) is 0 Å². The molecule has 3 aromatic rings. The summed E-state index contributed by atoms with van der Waals surface area (Å²) in [6.45, 7) is -0.288. The summed E-state index contributed by atoms with van der Waals surface area (Å²) in [5.41, 5.74) is 1.40. The standard InChI is InChI=1S/C22H20Cl2FN3O5S/c1-27(18-3-2-4-19-15(18)11-26-28(19)12-22(29)30)34(31,32)21-8-6-14(10-17(21)24)33-20-7-5-13(25)9-16(20)23/h5-11,18H,2-4,12H2,1H3,(H,29,30). The van der Waals surface area contributed by atoms with Crippen LogP contribution in [0, 0.1) is 5.82 Å². The number of sulfonamides is 1. The van der Waals surface area contributed by atoms with Crippen molar-refractivity contribution in [2.24, 2.45) is 0 Å². The van der Waals surface area contributed by atoms with Crippen molar-refractivity contribution in [2.75, 3.05) is 7.05 Å². The van der Waals surface area contributed by atoms with Gasteiger partial charge in [0.15, 0.2) is 0 Å². The average Bonchev–Trinajstić information content (AvgIpc) is 3.17. The lowest BCUT2D eigenvalue weighted by molar-refractivity contribution is -0.137. The summed E-state index contributed by atoms with van der Waals surface area (Å²) in [4.78, 5) is 11.0. The van der Waals surface area contributed by atoms with Gasteiger partial charge in [0.2, 0.25) is 10.0 Å². The van der Waals surface area contributed by atoms with E-state index in [1.54, 1.807) is 0 Å². The number of halogens is 3. The van der Waals surface area contributed by atoms with Crippen molar-refractivity contribution in [3.05, 3.63) is 69.7 Å². The molecule has 12 heteroatoms. The van der Waals surface area contributed by atoms with Crippen LogP contribution in [0.3, 0.4) is 0 Å². The van der Waals surface area contributed by atoms with Crippen LogP contribution in [0.2, 0.25) is 10.0 Å². The summed E-state index contributed by atoms with van der Waals surface area (Å²) >= 11 is 12.3. The molecule has 1 unspecified atom stereocenters. The second-order valence-corrected chi connectivity index (χ2v) is 10.6. The van der Waals surface area contributed by atoms with E-state index in [-0.39, 0.29) is 33.0 Å². The Morgan fingerprint density at radius 1 is 1.26 bits per heavy atom. The number of benzene rings is 2. The van der Waals surface area contributed by atoms with Crippen molar-refractivity contribution < 1.29 is 27.4 Å². The minimum Gasteiger partial charge on any atom is -0.480 e. The molecular weight excluding hydrogens is 508 g/mol. The van der Waals surface area contributed by atoms with Gasteiger partial charge >= 0.3 is 5.97 Å². The second kappa shape index (κ2) is 9.53. The fourth-order valence-electron chi connectivity index (χ4n) is 4.00. The van der Waals surface area contributed by atoms with Gasteiger partial charge in [-0.25, -0.2) is 12.8 Å². The van der Waals surface area contributed by atoms with Crippen LogP contribution >= 0.6 is 23.2 Å². The number of aliphatic carboxylic acids is 1. The zero-order chi connectivity index (χ0) is 24.6. The van der Waals surface area contributed by atoms with E-state index in [0.29, 0.717) is 30.5 Å². The van der Waals surface area contributed by atoms with E-state index in [9.17, 15) is 17.6 Å². The molecule has 1 aliphatic rings. The highest BCUT2D eigenvalue weighted by molar-refractivity contribution is 7.89. The summed E-state index contributed by atoms with van der Waals surface area (Å²) in [7, 11) is -2.55. The minimum atomic E-state index is -4.01. The lowest BCUT2D eigenvalue weighted by Crippen LogP contribution is -2.33. The molecule has 0 saturated heterocycles. The Kier molecular flexibility index (Phi) is 6.86. The van der Waals surface area contributed by atoms with Gasteiger partial charge in [-0.05, 0) is 49.6 Å². The predicted molar refractivity (Wildman–Crippen MR) is 123 cm³/mol. The number of hydrogen-bond acceptors (Lipinski definition) is 5. The van der Waals surface area contributed by atoms with Crippen molar-refractivity contribution in [2.45, 2.75) is 36.7 Å². The average molecular weight is 528 g/mol. The molecule has 1 aromatic heterocycles. The molecule has 0 radical (unpaired) electrons. The molecule has 1 N–H and O–H groups in total. The lowest BCUT2D eigenvalue weighted by atomic mass is 9.93. The number of aromatic nitrogens is 2. The number of carboxylic acids is 1. The molecule has 0 spiro atoms. The van der Waals surface area contributed by atoms with E-state index in [4.69, 9.17) is 33.0 Å². The Morgan fingerprint density at radius 2 is 2.03 bits per heavy atom. The van der Waals surface area contributed by atoms with Crippen LogP contribution in [0.1, 0.15) is 30.1 Å². The predicted octanol–water partition coefficient (Wildman–Crippen LogP) is 4.90. The Balaban J connectivity index is 1.60. The van der Waals surface area contributed by atoms with Gasteiger partial charge in [-0.15, -0.1) is 0 Å². The molecule has 8 nitrogen and oxygen atoms in total. The maximum absolute atomic E-state index is 13.4. The van der Waals surface area contributed by atoms with E-state index >= 15 is 0 Å². The van der Waals surface area contributed by atoms with Crippen LogP contribution in [-0.4, -0.2) is 40.6 Å². The van der Waals surface area contributed by atoms with Gasteiger partial charge in [-0.3, -0.25) is 9.48 Å². The number of carboxylic acid groups (broad SMARTS) is 1. The van der Waals surface area contributed by atoms with Gasteiger partial charge < -0.3 is 9.84 Å². The molecule has 0 amide bonds. The zero-order valence-electron chi connectivity index (χ0n) is 17.9. The third-order valence-electron chi connectivity index (χ3n) is 5.64. The van der Waals surface area contributed by atoms with Crippen molar-refractivity contribution in [1.29, 1.82) is 0 Å². The highest BCUT2D eigenvalue weighted by atomic mass is 35.5. The van der Waals surface area contributed by atoms with Gasteiger partial charge in [0.1, 0.15) is 28.8 Å². The molecule has 0 bridgehead atoms. The van der Waals surface area contributed by atoms with Crippen LogP contribution in [0.5, 0.6) is 11.5 Å². The van der Waals surface area contributed by atoms with Crippen molar-refractivity contribution in [1.82, 2.24) is 14.1 Å². The van der Waals surface area contributed by atoms with E-state index in [1.165, 1.54) is 52.6 Å². The first-order chi connectivity index (χ1) is 16.1. The fraction of sp³-hybridized carbons (Fsp3) is 0.273. The van der Waals surface area contributed by atoms with Crippen LogP contribution in [0.4, 0.5) is 4.39 Å². The van der Waals surface area contributed by atoms with Gasteiger partial charge in [0, 0.05) is 24.4 Å². The molecule has 0 aliphatic heterocycles. The Labute approximate surface area is 205 Å². The van der Waals surface area contributed by atoms with E-state index in [0.717, 1.165) is 6.07 Å². The Hall–Kier alpha value is -2.66. The van der Waals surface area contributed by atoms with Crippen LogP contribution in [0.15, 0.2) is 47.5 Å². The maximum atomic E-state index is 13.4. The number of rotatable bonds is 7. The number of nitrogens with zero attached hydrogens (tertiary/aromatic N) is 3. The third-order valence-corrected chi connectivity index (χ3v) is 8.28. The first-order valence-electron chi connectivity index (χ1n) is 10.2. The van der Waals surface area contributed by atoms with Gasteiger partial charge in [0.25, 0.3) is 0 Å². The first-order valence-corrected chi connectivity index (χ1v) is 12.4. The van der Waals surface area contributed by atoms with Crippen LogP contribution in [-0.2, 0) is 27.8 Å². The number of hydrogen-bond donors (Lipinski definition) is 1. The van der Waals surface area contributed by atoms with Crippen LogP contribution < -0.4 is 4.74 Å². The molecule has 180 valence electrons. The number of ether oxygens (including phenoxy) is 1. The monoisotopic (exact) mass is 527 g/mol. The largest absolute Gasteiger partial charge is 0.480 e. The van der Waals surface area contributed by atoms with Gasteiger partial charge in [-0.1, -0.05) is 23.2 Å². The summed E-state index contributed by atoms with van der Waals surface area (Å²) in [6.07, 6.45) is 3.38. The van der Waals surface area contributed by atoms with E-state index in [2.05, 4.69) is 5.10 Å². The number of carbonyl (C=O) groups is 1. The fourth-order valence-corrected chi connectivity index (χ4v) is 6.08. The minimum absolute atomic E-state index is 0.0554. The highest BCUT2D eigenvalue weighted by Gasteiger charge is 2.35. The maximum Gasteiger partial charge on any atom is 0.325 e. The summed E-state index contributed by atoms with van der Waals surface area (Å²) in [5.74, 6) is -1.11. The highest BCUT2D eigenvalue weighted by Crippen LogP contribution is 2.39. The van der Waals surface area contributed by atoms with Gasteiger partial charge in [0.05, 0.1) is 22.3 Å². The van der Waals surface area contributed by atoms with Crippen molar-refractivity contribution in [3.8, 4) is 11.5 Å². The Morgan fingerprint density at radius 3 is 2.71 bits per heavy atom. The van der Waals surface area contributed by atoms with E-state index in [1.807, 2.05) is 0 Å². The third kappa shape index (κ3) is 4.76. The molecule has 0 fully saturated rings. The Bertz CT molecular complexity index is 1360.